The number of primary amides is 1. The molecule has 0 aliphatic carbocycles. The minimum Gasteiger partial charge on any atom is -0.379 e. The number of ether oxygens (including phenoxy) is 1. The summed E-state index contributed by atoms with van der Waals surface area (Å²) in [7, 11) is 0. The molecule has 8 nitrogen and oxygen atoms in total. The highest BCUT2D eigenvalue weighted by molar-refractivity contribution is 6.29. The predicted octanol–water partition coefficient (Wildman–Crippen LogP) is 1.88. The van der Waals surface area contributed by atoms with Gasteiger partial charge in [-0.3, -0.25) is 9.48 Å². The molecule has 3 N–H and O–H groups in total. The zero-order valence-corrected chi connectivity index (χ0v) is 13.4. The van der Waals surface area contributed by atoms with Crippen molar-refractivity contribution in [2.75, 3.05) is 18.5 Å². The zero-order valence-electron chi connectivity index (χ0n) is 12.6. The summed E-state index contributed by atoms with van der Waals surface area (Å²) in [4.78, 5) is 15.7. The van der Waals surface area contributed by atoms with Gasteiger partial charge in [-0.15, -0.1) is 0 Å². The van der Waals surface area contributed by atoms with Gasteiger partial charge < -0.3 is 15.8 Å². The van der Waals surface area contributed by atoms with E-state index in [0.29, 0.717) is 36.3 Å². The van der Waals surface area contributed by atoms with Crippen LogP contribution in [0, 0.1) is 17.2 Å². The number of rotatable bonds is 4. The molecule has 2 aromatic rings. The first-order valence-corrected chi connectivity index (χ1v) is 7.71. The molecule has 0 aromatic carbocycles. The Bertz CT molecular complexity index is 782. The topological polar surface area (TPSA) is 119 Å². The van der Waals surface area contributed by atoms with Crippen LogP contribution in [0.15, 0.2) is 24.5 Å². The number of nitrogens with one attached hydrogen (secondary N) is 1. The van der Waals surface area contributed by atoms with Crippen molar-refractivity contribution < 1.29 is 9.53 Å². The second-order valence-electron chi connectivity index (χ2n) is 5.40. The van der Waals surface area contributed by atoms with Gasteiger partial charge in [0, 0.05) is 12.8 Å². The van der Waals surface area contributed by atoms with E-state index in [1.807, 2.05) is 0 Å². The van der Waals surface area contributed by atoms with Crippen LogP contribution in [0.5, 0.6) is 0 Å². The number of carbonyl (C=O) groups is 1. The van der Waals surface area contributed by atoms with Crippen LogP contribution in [0.1, 0.15) is 22.8 Å². The van der Waals surface area contributed by atoms with Gasteiger partial charge in [0.15, 0.2) is 5.82 Å². The highest BCUT2D eigenvalue weighted by Crippen LogP contribution is 2.28. The summed E-state index contributed by atoms with van der Waals surface area (Å²) in [5, 5.41) is 17.0. The Morgan fingerprint density at radius 3 is 3.04 bits per heavy atom. The number of nitriles is 1. The number of halogens is 1. The van der Waals surface area contributed by atoms with Crippen LogP contribution in [-0.4, -0.2) is 33.9 Å². The minimum absolute atomic E-state index is 0.229. The molecule has 0 unspecified atom stereocenters. The highest BCUT2D eigenvalue weighted by Gasteiger charge is 2.29. The van der Waals surface area contributed by atoms with Crippen molar-refractivity contribution in [3.8, 4) is 6.07 Å². The van der Waals surface area contributed by atoms with Gasteiger partial charge in [-0.05, 0) is 18.6 Å². The van der Waals surface area contributed by atoms with E-state index in [-0.39, 0.29) is 17.5 Å². The van der Waals surface area contributed by atoms with Gasteiger partial charge in [-0.25, -0.2) is 4.98 Å². The molecule has 0 bridgehead atoms. The lowest BCUT2D eigenvalue weighted by molar-refractivity contribution is 0.0342. The molecule has 3 heterocycles. The van der Waals surface area contributed by atoms with E-state index >= 15 is 0 Å². The van der Waals surface area contributed by atoms with Gasteiger partial charge >= 0.3 is 0 Å². The van der Waals surface area contributed by atoms with Crippen molar-refractivity contribution >= 4 is 29.0 Å². The third-order valence-electron chi connectivity index (χ3n) is 3.82. The van der Waals surface area contributed by atoms with Gasteiger partial charge in [-0.1, -0.05) is 11.6 Å². The number of nitrogens with zero attached hydrogens (tertiary/aromatic N) is 4. The van der Waals surface area contributed by atoms with Crippen LogP contribution in [-0.2, 0) is 4.74 Å². The molecule has 9 heteroatoms. The molecule has 1 aliphatic rings. The van der Waals surface area contributed by atoms with Gasteiger partial charge in [0.25, 0.3) is 5.91 Å². The lowest BCUT2D eigenvalue weighted by Crippen LogP contribution is -2.29. The van der Waals surface area contributed by atoms with E-state index in [0.717, 1.165) is 0 Å². The molecular formula is C15H15ClN6O2. The fourth-order valence-electron chi connectivity index (χ4n) is 2.55. The minimum atomic E-state index is -0.615. The Balaban J connectivity index is 1.91. The number of hydrogen-bond donors (Lipinski definition) is 2. The second-order valence-corrected chi connectivity index (χ2v) is 5.78. The molecule has 0 spiro atoms. The predicted molar refractivity (Wildman–Crippen MR) is 86.9 cm³/mol. The summed E-state index contributed by atoms with van der Waals surface area (Å²) in [5.74, 6) is -0.547. The molecule has 124 valence electrons. The number of anilines is 2. The number of hydrogen-bond acceptors (Lipinski definition) is 6. The van der Waals surface area contributed by atoms with E-state index in [1.54, 1.807) is 16.8 Å². The Morgan fingerprint density at radius 2 is 2.38 bits per heavy atom. The summed E-state index contributed by atoms with van der Waals surface area (Å²) in [6.07, 6.45) is 3.68. The van der Waals surface area contributed by atoms with E-state index < -0.39 is 5.91 Å². The van der Waals surface area contributed by atoms with Crippen molar-refractivity contribution in [3.05, 3.63) is 35.2 Å². The quantitative estimate of drug-likeness (QED) is 0.816. The summed E-state index contributed by atoms with van der Waals surface area (Å²) in [6, 6.07) is 5.33. The van der Waals surface area contributed by atoms with Crippen molar-refractivity contribution in [1.82, 2.24) is 14.8 Å². The molecular weight excluding hydrogens is 332 g/mol. The van der Waals surface area contributed by atoms with Gasteiger partial charge in [0.05, 0.1) is 36.5 Å². The molecule has 1 fully saturated rings. The average molecular weight is 347 g/mol. The van der Waals surface area contributed by atoms with Crippen molar-refractivity contribution in [3.63, 3.8) is 0 Å². The summed E-state index contributed by atoms with van der Waals surface area (Å²) in [5.41, 5.74) is 6.28. The van der Waals surface area contributed by atoms with E-state index in [4.69, 9.17) is 22.1 Å². The van der Waals surface area contributed by atoms with Crippen LogP contribution in [0.4, 0.5) is 11.5 Å². The number of pyridine rings is 1. The highest BCUT2D eigenvalue weighted by atomic mass is 35.5. The average Bonchev–Trinajstić information content (AvgIpc) is 3.01. The Hall–Kier alpha value is -2.63. The molecule has 3 rings (SSSR count). The lowest BCUT2D eigenvalue weighted by atomic mass is 9.97. The van der Waals surface area contributed by atoms with Crippen LogP contribution >= 0.6 is 11.6 Å². The maximum Gasteiger partial charge on any atom is 0.254 e. The monoisotopic (exact) mass is 346 g/mol. The van der Waals surface area contributed by atoms with Crippen LogP contribution in [0.2, 0.25) is 5.15 Å². The van der Waals surface area contributed by atoms with E-state index in [2.05, 4.69) is 21.5 Å². The van der Waals surface area contributed by atoms with Gasteiger partial charge in [0.2, 0.25) is 0 Å². The second kappa shape index (κ2) is 6.86. The molecule has 2 atom stereocenters. The fraction of sp³-hybridized carbons (Fsp3) is 0.333. The van der Waals surface area contributed by atoms with Crippen LogP contribution in [0.3, 0.4) is 0 Å². The smallest absolute Gasteiger partial charge is 0.254 e. The largest absolute Gasteiger partial charge is 0.379 e. The summed E-state index contributed by atoms with van der Waals surface area (Å²) < 4.78 is 7.00. The first-order chi connectivity index (χ1) is 11.6. The molecule has 2 aromatic heterocycles. The Morgan fingerprint density at radius 1 is 1.54 bits per heavy atom. The zero-order chi connectivity index (χ0) is 17.1. The van der Waals surface area contributed by atoms with Crippen molar-refractivity contribution in [2.45, 2.75) is 12.5 Å². The lowest BCUT2D eigenvalue weighted by Gasteiger charge is -2.26. The SMILES string of the molecule is N#C[C@@H]1CCOC[C@H]1n1cc(C(N)=O)c(Nc2ccc(Cl)nc2)n1. The Kier molecular flexibility index (Phi) is 4.64. The molecule has 1 aliphatic heterocycles. The number of carbonyl (C=O) groups excluding carboxylic acids is 1. The molecule has 0 radical (unpaired) electrons. The van der Waals surface area contributed by atoms with Crippen molar-refractivity contribution in [2.24, 2.45) is 11.7 Å². The van der Waals surface area contributed by atoms with E-state index in [9.17, 15) is 10.1 Å². The number of nitrogens with two attached hydrogens (primary N) is 1. The maximum atomic E-state index is 11.7. The van der Waals surface area contributed by atoms with E-state index in [1.165, 1.54) is 12.4 Å². The van der Waals surface area contributed by atoms with Crippen LogP contribution < -0.4 is 11.1 Å². The Labute approximate surface area is 143 Å². The van der Waals surface area contributed by atoms with Gasteiger partial charge in [0.1, 0.15) is 10.7 Å². The third-order valence-corrected chi connectivity index (χ3v) is 4.04. The molecule has 0 saturated carbocycles. The molecule has 1 saturated heterocycles. The third kappa shape index (κ3) is 3.32. The number of aromatic nitrogens is 3. The molecule has 24 heavy (non-hydrogen) atoms. The molecule has 1 amide bonds. The fourth-order valence-corrected chi connectivity index (χ4v) is 2.67. The van der Waals surface area contributed by atoms with Crippen molar-refractivity contribution in [1.29, 1.82) is 5.26 Å². The maximum absolute atomic E-state index is 11.7. The first kappa shape index (κ1) is 16.2. The normalized spacial score (nSPS) is 20.3. The van der Waals surface area contributed by atoms with Gasteiger partial charge in [-0.2, -0.15) is 10.4 Å². The summed E-state index contributed by atoms with van der Waals surface area (Å²) in [6.45, 7) is 0.903. The summed E-state index contributed by atoms with van der Waals surface area (Å²) >= 11 is 5.76. The number of amides is 1. The standard InChI is InChI=1S/C15H15ClN6O2/c16-13-2-1-10(6-19-13)20-15-11(14(18)23)7-22(21-15)12-8-24-4-3-9(12)5-17/h1-2,6-7,9,12H,3-4,8H2,(H2,18,23)(H,20,21)/t9-,12+/m0/s1. The first-order valence-electron chi connectivity index (χ1n) is 7.33. The van der Waals surface area contributed by atoms with Crippen LogP contribution in [0.25, 0.3) is 0 Å².